The molecule has 1 atom stereocenters. The van der Waals surface area contributed by atoms with E-state index in [1.165, 1.54) is 0 Å². The molecule has 3 heterocycles. The highest BCUT2D eigenvalue weighted by Gasteiger charge is 2.31. The van der Waals surface area contributed by atoms with Gasteiger partial charge in [0.15, 0.2) is 0 Å². The average molecular weight is 473 g/mol. The summed E-state index contributed by atoms with van der Waals surface area (Å²) in [4.78, 5) is 41.0. The molecule has 4 rings (SSSR count). The molecule has 2 aromatic rings. The van der Waals surface area contributed by atoms with Gasteiger partial charge in [0, 0.05) is 51.9 Å². The first-order valence-corrected chi connectivity index (χ1v) is 11.8. The second kappa shape index (κ2) is 10.4. The second-order valence-electron chi connectivity index (χ2n) is 8.25. The fraction of sp³-hybridized carbons (Fsp3) is 0.458. The van der Waals surface area contributed by atoms with Crippen molar-refractivity contribution in [2.24, 2.45) is 0 Å². The summed E-state index contributed by atoms with van der Waals surface area (Å²) in [6, 6.07) is 9.48. The molecule has 0 saturated carbocycles. The van der Waals surface area contributed by atoms with Gasteiger partial charge >= 0.3 is 0 Å². The van der Waals surface area contributed by atoms with Gasteiger partial charge in [0.05, 0.1) is 23.2 Å². The van der Waals surface area contributed by atoms with E-state index in [0.717, 1.165) is 11.3 Å². The second-order valence-corrected chi connectivity index (χ2v) is 8.62. The lowest BCUT2D eigenvalue weighted by atomic mass is 9.90. The molecule has 2 fully saturated rings. The minimum Gasteiger partial charge on any atom is -0.380 e. The number of piperazine rings is 1. The first kappa shape index (κ1) is 23.3. The molecule has 2 saturated heterocycles. The number of nitrogens with zero attached hydrogens (tertiary/aromatic N) is 3. The van der Waals surface area contributed by atoms with Gasteiger partial charge in [0.1, 0.15) is 5.69 Å². The molecule has 9 heteroatoms. The Morgan fingerprint density at radius 3 is 2.42 bits per heavy atom. The van der Waals surface area contributed by atoms with E-state index < -0.39 is 5.92 Å². The van der Waals surface area contributed by atoms with Gasteiger partial charge in [0.25, 0.3) is 5.56 Å². The highest BCUT2D eigenvalue weighted by molar-refractivity contribution is 6.34. The largest absolute Gasteiger partial charge is 0.380 e. The summed E-state index contributed by atoms with van der Waals surface area (Å²) in [6.45, 7) is 6.37. The van der Waals surface area contributed by atoms with Crippen LogP contribution in [0.3, 0.4) is 0 Å². The van der Waals surface area contributed by atoms with Gasteiger partial charge in [0.2, 0.25) is 11.8 Å². The molecule has 0 aliphatic carbocycles. The third-order valence-corrected chi connectivity index (χ3v) is 6.68. The number of halogens is 1. The molecular weight excluding hydrogens is 444 g/mol. The summed E-state index contributed by atoms with van der Waals surface area (Å²) < 4.78 is 7.08. The van der Waals surface area contributed by atoms with E-state index in [4.69, 9.17) is 16.3 Å². The van der Waals surface area contributed by atoms with E-state index in [1.807, 2.05) is 37.3 Å². The highest BCUT2D eigenvalue weighted by Crippen LogP contribution is 2.37. The molecule has 0 radical (unpaired) electrons. The van der Waals surface area contributed by atoms with Crippen LogP contribution in [-0.4, -0.2) is 55.8 Å². The van der Waals surface area contributed by atoms with Crippen LogP contribution in [0.5, 0.6) is 0 Å². The Morgan fingerprint density at radius 2 is 1.73 bits per heavy atom. The first-order valence-electron chi connectivity index (χ1n) is 11.4. The van der Waals surface area contributed by atoms with E-state index in [-0.39, 0.29) is 17.4 Å². The number of ether oxygens (including phenoxy) is 1. The number of piperidine rings is 1. The molecule has 0 bridgehead atoms. The molecule has 1 aromatic carbocycles. The van der Waals surface area contributed by atoms with E-state index >= 15 is 0 Å². The summed E-state index contributed by atoms with van der Waals surface area (Å²) in [5, 5.41) is 2.96. The lowest BCUT2D eigenvalue weighted by Gasteiger charge is -2.38. The Balaban J connectivity index is 1.46. The van der Waals surface area contributed by atoms with Crippen LogP contribution in [0, 0.1) is 0 Å². The van der Waals surface area contributed by atoms with Crippen molar-refractivity contribution < 1.29 is 14.3 Å². The van der Waals surface area contributed by atoms with Crippen molar-refractivity contribution in [1.82, 2.24) is 9.88 Å². The van der Waals surface area contributed by atoms with Crippen molar-refractivity contribution in [1.29, 1.82) is 0 Å². The van der Waals surface area contributed by atoms with Gasteiger partial charge in [-0.25, -0.2) is 0 Å². The number of pyridine rings is 1. The number of hydrogen-bond acceptors (Lipinski definition) is 6. The zero-order valence-corrected chi connectivity index (χ0v) is 19.5. The van der Waals surface area contributed by atoms with Crippen LogP contribution in [0.25, 0.3) is 0 Å². The van der Waals surface area contributed by atoms with Gasteiger partial charge in [-0.2, -0.15) is 0 Å². The zero-order chi connectivity index (χ0) is 23.4. The topological polar surface area (TPSA) is 83.9 Å². The number of anilines is 2. The molecule has 2 aliphatic rings. The number of amides is 2. The van der Waals surface area contributed by atoms with E-state index in [0.29, 0.717) is 69.5 Å². The third kappa shape index (κ3) is 5.07. The van der Waals surface area contributed by atoms with Crippen molar-refractivity contribution in [3.8, 4) is 0 Å². The maximum absolute atomic E-state index is 12.9. The predicted molar refractivity (Wildman–Crippen MR) is 128 cm³/mol. The fourth-order valence-corrected chi connectivity index (χ4v) is 4.85. The summed E-state index contributed by atoms with van der Waals surface area (Å²) in [5.74, 6) is -0.951. The number of rotatable bonds is 7. The SMILES string of the molecule is CCOCCn1cccc(N2CCN(c3cccc(C4CCC(=O)NC4=O)c3Cl)CC2)c1=O. The third-order valence-electron chi connectivity index (χ3n) is 6.26. The van der Waals surface area contributed by atoms with Gasteiger partial charge in [-0.05, 0) is 37.1 Å². The van der Waals surface area contributed by atoms with Crippen LogP contribution in [0.15, 0.2) is 41.3 Å². The lowest BCUT2D eigenvalue weighted by molar-refractivity contribution is -0.134. The van der Waals surface area contributed by atoms with Crippen molar-refractivity contribution >= 4 is 34.8 Å². The van der Waals surface area contributed by atoms with E-state index in [1.54, 1.807) is 10.8 Å². The number of imide groups is 1. The number of benzene rings is 1. The first-order chi connectivity index (χ1) is 16.0. The van der Waals surface area contributed by atoms with Crippen LogP contribution >= 0.6 is 11.6 Å². The molecule has 33 heavy (non-hydrogen) atoms. The Bertz CT molecular complexity index is 1080. The standard InChI is InChI=1S/C24H29ClN4O4/c1-2-33-16-15-29-10-4-7-20(24(29)32)28-13-11-27(12-14-28)19-6-3-5-17(22(19)25)18-8-9-21(30)26-23(18)31/h3-7,10,18H,2,8-9,11-16H2,1H3,(H,26,30,31). The summed E-state index contributed by atoms with van der Waals surface area (Å²) in [5.41, 5.74) is 2.31. The number of carbonyl (C=O) groups excluding carboxylic acids is 2. The molecule has 1 N–H and O–H groups in total. The summed E-state index contributed by atoms with van der Waals surface area (Å²) in [7, 11) is 0. The van der Waals surface area contributed by atoms with Crippen LogP contribution in [0.1, 0.15) is 31.2 Å². The lowest BCUT2D eigenvalue weighted by Crippen LogP contribution is -2.48. The van der Waals surface area contributed by atoms with Crippen LogP contribution < -0.4 is 20.7 Å². The number of nitrogens with one attached hydrogen (secondary N) is 1. The van der Waals surface area contributed by atoms with Crippen LogP contribution in [0.2, 0.25) is 5.02 Å². The van der Waals surface area contributed by atoms with E-state index in [9.17, 15) is 14.4 Å². The van der Waals surface area contributed by atoms with Gasteiger partial charge < -0.3 is 19.1 Å². The minimum atomic E-state index is -0.420. The number of hydrogen-bond donors (Lipinski definition) is 1. The molecule has 8 nitrogen and oxygen atoms in total. The summed E-state index contributed by atoms with van der Waals surface area (Å²) in [6.07, 6.45) is 2.57. The number of carbonyl (C=O) groups is 2. The Hall–Kier alpha value is -2.84. The van der Waals surface area contributed by atoms with Crippen molar-refractivity contribution in [3.05, 3.63) is 57.5 Å². The molecule has 2 amide bonds. The highest BCUT2D eigenvalue weighted by atomic mass is 35.5. The monoisotopic (exact) mass is 472 g/mol. The Morgan fingerprint density at radius 1 is 1.03 bits per heavy atom. The minimum absolute atomic E-state index is 0.0106. The Labute approximate surface area is 198 Å². The fourth-order valence-electron chi connectivity index (χ4n) is 4.48. The van der Waals surface area contributed by atoms with Crippen molar-refractivity contribution in [2.45, 2.75) is 32.2 Å². The van der Waals surface area contributed by atoms with Gasteiger partial charge in [-0.1, -0.05) is 23.7 Å². The molecule has 176 valence electrons. The smallest absolute Gasteiger partial charge is 0.274 e. The number of aromatic nitrogens is 1. The van der Waals surface area contributed by atoms with Crippen LogP contribution in [-0.2, 0) is 20.9 Å². The molecule has 1 unspecified atom stereocenters. The quantitative estimate of drug-likeness (QED) is 0.492. The summed E-state index contributed by atoms with van der Waals surface area (Å²) >= 11 is 6.75. The average Bonchev–Trinajstić information content (AvgIpc) is 2.81. The van der Waals surface area contributed by atoms with Crippen LogP contribution in [0.4, 0.5) is 11.4 Å². The molecule has 0 spiro atoms. The van der Waals surface area contributed by atoms with Crippen molar-refractivity contribution in [3.63, 3.8) is 0 Å². The zero-order valence-electron chi connectivity index (χ0n) is 18.8. The molecule has 2 aliphatic heterocycles. The molecular formula is C24H29ClN4O4. The maximum atomic E-state index is 12.9. The predicted octanol–water partition coefficient (Wildman–Crippen LogP) is 2.39. The normalized spacial score (nSPS) is 19.0. The maximum Gasteiger partial charge on any atom is 0.274 e. The van der Waals surface area contributed by atoms with E-state index in [2.05, 4.69) is 15.1 Å². The Kier molecular flexibility index (Phi) is 7.35. The van der Waals surface area contributed by atoms with Gasteiger partial charge in [-0.15, -0.1) is 0 Å². The molecule has 1 aromatic heterocycles. The van der Waals surface area contributed by atoms with Crippen molar-refractivity contribution in [2.75, 3.05) is 49.2 Å². The van der Waals surface area contributed by atoms with Gasteiger partial charge in [-0.3, -0.25) is 19.7 Å².